The Morgan fingerprint density at radius 1 is 0.840 bits per heavy atom. The predicted molar refractivity (Wildman–Crippen MR) is 105 cm³/mol. The second-order valence-electron chi connectivity index (χ2n) is 7.13. The second-order valence-corrected chi connectivity index (χ2v) is 7.13. The lowest BCUT2D eigenvalue weighted by Crippen LogP contribution is -2.28. The Balaban J connectivity index is 3.38. The molecule has 25 heavy (non-hydrogen) atoms. The molecule has 0 aliphatic rings. The predicted octanol–water partition coefficient (Wildman–Crippen LogP) is 5.39. The van der Waals surface area contributed by atoms with Gasteiger partial charge >= 0.3 is 5.97 Å². The highest BCUT2D eigenvalue weighted by atomic mass is 16.5. The maximum Gasteiger partial charge on any atom is 0.305 e. The number of carbonyl (C=O) groups excluding carboxylic acids is 2. The quantitative estimate of drug-likeness (QED) is 0.281. The number of carbonyl (C=O) groups is 2. The third-order valence-electron chi connectivity index (χ3n) is 4.89. The summed E-state index contributed by atoms with van der Waals surface area (Å²) in [6.07, 6.45) is 15.1. The van der Waals surface area contributed by atoms with Crippen molar-refractivity contribution in [3.63, 3.8) is 0 Å². The van der Waals surface area contributed by atoms with Gasteiger partial charge in [0.1, 0.15) is 0 Å². The zero-order chi connectivity index (χ0) is 18.8. The van der Waals surface area contributed by atoms with Crippen molar-refractivity contribution in [1.29, 1.82) is 0 Å². The Morgan fingerprint density at radius 3 is 1.92 bits per heavy atom. The molecule has 0 radical (unpaired) electrons. The van der Waals surface area contributed by atoms with Gasteiger partial charge in [0, 0.05) is 19.4 Å². The smallest absolute Gasteiger partial charge is 0.305 e. The van der Waals surface area contributed by atoms with Gasteiger partial charge in [-0.3, -0.25) is 9.59 Å². The number of hydrogen-bond donors (Lipinski definition) is 1. The molecule has 1 amide bonds. The third kappa shape index (κ3) is 16.2. The monoisotopic (exact) mass is 355 g/mol. The number of nitrogens with one attached hydrogen (secondary N) is 1. The van der Waals surface area contributed by atoms with Gasteiger partial charge in [-0.1, -0.05) is 71.6 Å². The molecule has 1 N–H and O–H groups in total. The molecule has 1 atom stereocenters. The standard InChI is InChI=1S/C21H41NO3/c1-4-6-15-19(5-2)18-22-20(23)16-13-11-9-7-8-10-12-14-17-21(24)25-3/h19H,4-18H2,1-3H3,(H,22,23). The van der Waals surface area contributed by atoms with Crippen molar-refractivity contribution in [2.24, 2.45) is 5.92 Å². The van der Waals surface area contributed by atoms with E-state index in [9.17, 15) is 9.59 Å². The fourth-order valence-electron chi connectivity index (χ4n) is 3.01. The number of unbranched alkanes of at least 4 members (excludes halogenated alkanes) is 8. The van der Waals surface area contributed by atoms with E-state index in [0.29, 0.717) is 18.8 Å². The summed E-state index contributed by atoms with van der Waals surface area (Å²) in [7, 11) is 1.44. The summed E-state index contributed by atoms with van der Waals surface area (Å²) >= 11 is 0. The van der Waals surface area contributed by atoms with Crippen molar-refractivity contribution in [1.82, 2.24) is 5.32 Å². The number of amides is 1. The summed E-state index contributed by atoms with van der Waals surface area (Å²) in [6, 6.07) is 0. The van der Waals surface area contributed by atoms with Crippen LogP contribution in [-0.4, -0.2) is 25.5 Å². The van der Waals surface area contributed by atoms with Crippen molar-refractivity contribution in [3.8, 4) is 0 Å². The number of ether oxygens (including phenoxy) is 1. The summed E-state index contributed by atoms with van der Waals surface area (Å²) in [4.78, 5) is 22.8. The lowest BCUT2D eigenvalue weighted by atomic mass is 9.99. The Morgan fingerprint density at radius 2 is 1.40 bits per heavy atom. The molecule has 0 heterocycles. The first-order valence-corrected chi connectivity index (χ1v) is 10.5. The van der Waals surface area contributed by atoms with Crippen molar-refractivity contribution in [2.45, 2.75) is 104 Å². The van der Waals surface area contributed by atoms with Crippen LogP contribution < -0.4 is 5.32 Å². The minimum Gasteiger partial charge on any atom is -0.469 e. The molecular weight excluding hydrogens is 314 g/mol. The van der Waals surface area contributed by atoms with Crippen LogP contribution in [0.2, 0.25) is 0 Å². The molecule has 0 aromatic rings. The normalized spacial score (nSPS) is 12.0. The molecule has 1 unspecified atom stereocenters. The van der Waals surface area contributed by atoms with Crippen LogP contribution in [0.3, 0.4) is 0 Å². The van der Waals surface area contributed by atoms with Crippen molar-refractivity contribution >= 4 is 11.9 Å². The van der Waals surface area contributed by atoms with E-state index in [1.54, 1.807) is 0 Å². The van der Waals surface area contributed by atoms with E-state index in [1.165, 1.54) is 52.1 Å². The summed E-state index contributed by atoms with van der Waals surface area (Å²) in [5.74, 6) is 0.759. The van der Waals surface area contributed by atoms with Crippen LogP contribution in [-0.2, 0) is 14.3 Å². The molecule has 0 fully saturated rings. The summed E-state index contributed by atoms with van der Waals surface area (Å²) in [6.45, 7) is 5.27. The first-order chi connectivity index (χ1) is 12.1. The molecule has 0 aromatic heterocycles. The SMILES string of the molecule is CCCCC(CC)CNC(=O)CCCCCCCCCCC(=O)OC. The van der Waals surface area contributed by atoms with Gasteiger partial charge < -0.3 is 10.1 Å². The lowest BCUT2D eigenvalue weighted by Gasteiger charge is -2.15. The first kappa shape index (κ1) is 23.9. The number of esters is 1. The molecule has 0 spiro atoms. The van der Waals surface area contributed by atoms with Crippen LogP contribution in [0.4, 0.5) is 0 Å². The zero-order valence-electron chi connectivity index (χ0n) is 16.9. The van der Waals surface area contributed by atoms with E-state index < -0.39 is 0 Å². The summed E-state index contributed by atoms with van der Waals surface area (Å²) in [5.41, 5.74) is 0. The van der Waals surface area contributed by atoms with Crippen molar-refractivity contribution < 1.29 is 14.3 Å². The molecular formula is C21H41NO3. The molecule has 0 aliphatic heterocycles. The van der Waals surface area contributed by atoms with Gasteiger partial charge in [0.2, 0.25) is 5.91 Å². The van der Waals surface area contributed by atoms with Crippen LogP contribution >= 0.6 is 0 Å². The molecule has 4 nitrogen and oxygen atoms in total. The summed E-state index contributed by atoms with van der Waals surface area (Å²) < 4.78 is 4.62. The van der Waals surface area contributed by atoms with Crippen LogP contribution in [0.5, 0.6) is 0 Å². The van der Waals surface area contributed by atoms with Gasteiger partial charge in [-0.05, 0) is 25.2 Å². The van der Waals surface area contributed by atoms with E-state index in [4.69, 9.17) is 0 Å². The second kappa shape index (κ2) is 17.8. The molecule has 0 rings (SSSR count). The van der Waals surface area contributed by atoms with E-state index >= 15 is 0 Å². The van der Waals surface area contributed by atoms with E-state index in [0.717, 1.165) is 38.6 Å². The van der Waals surface area contributed by atoms with Crippen molar-refractivity contribution in [3.05, 3.63) is 0 Å². The van der Waals surface area contributed by atoms with Gasteiger partial charge in [-0.2, -0.15) is 0 Å². The van der Waals surface area contributed by atoms with Crippen LogP contribution in [0.25, 0.3) is 0 Å². The molecule has 0 saturated heterocycles. The van der Waals surface area contributed by atoms with Crippen LogP contribution in [0.15, 0.2) is 0 Å². The van der Waals surface area contributed by atoms with E-state index in [2.05, 4.69) is 23.9 Å². The number of hydrogen-bond acceptors (Lipinski definition) is 3. The Labute approximate surface area is 155 Å². The Hall–Kier alpha value is -1.06. The maximum absolute atomic E-state index is 11.9. The summed E-state index contributed by atoms with van der Waals surface area (Å²) in [5, 5.41) is 3.11. The highest BCUT2D eigenvalue weighted by Crippen LogP contribution is 2.12. The minimum atomic E-state index is -0.103. The zero-order valence-corrected chi connectivity index (χ0v) is 16.9. The molecule has 0 saturated carbocycles. The van der Waals surface area contributed by atoms with Gasteiger partial charge in [0.05, 0.1) is 7.11 Å². The number of rotatable bonds is 17. The van der Waals surface area contributed by atoms with E-state index in [1.807, 2.05) is 0 Å². The molecule has 0 aliphatic carbocycles. The largest absolute Gasteiger partial charge is 0.469 e. The molecule has 0 bridgehead atoms. The minimum absolute atomic E-state index is 0.103. The molecule has 4 heteroatoms. The maximum atomic E-state index is 11.9. The first-order valence-electron chi connectivity index (χ1n) is 10.5. The van der Waals surface area contributed by atoms with Gasteiger partial charge in [0.25, 0.3) is 0 Å². The van der Waals surface area contributed by atoms with Gasteiger partial charge in [-0.15, -0.1) is 0 Å². The highest BCUT2D eigenvalue weighted by Gasteiger charge is 2.08. The van der Waals surface area contributed by atoms with Crippen molar-refractivity contribution in [2.75, 3.05) is 13.7 Å². The lowest BCUT2D eigenvalue weighted by molar-refractivity contribution is -0.140. The van der Waals surface area contributed by atoms with Gasteiger partial charge in [0.15, 0.2) is 0 Å². The fourth-order valence-corrected chi connectivity index (χ4v) is 3.01. The van der Waals surface area contributed by atoms with Crippen LogP contribution in [0.1, 0.15) is 104 Å². The van der Waals surface area contributed by atoms with E-state index in [-0.39, 0.29) is 11.9 Å². The van der Waals surface area contributed by atoms with Crippen LogP contribution in [0, 0.1) is 5.92 Å². The number of methoxy groups -OCH3 is 1. The highest BCUT2D eigenvalue weighted by molar-refractivity contribution is 5.75. The Bertz CT molecular complexity index is 331. The topological polar surface area (TPSA) is 55.4 Å². The van der Waals surface area contributed by atoms with Gasteiger partial charge in [-0.25, -0.2) is 0 Å². The molecule has 0 aromatic carbocycles. The fraction of sp³-hybridized carbons (Fsp3) is 0.905. The Kier molecular flexibility index (Phi) is 17.0. The average molecular weight is 356 g/mol. The third-order valence-corrected chi connectivity index (χ3v) is 4.89. The average Bonchev–Trinajstić information content (AvgIpc) is 2.63. The molecule has 148 valence electrons.